The summed E-state index contributed by atoms with van der Waals surface area (Å²) in [6.07, 6.45) is 4.21. The highest BCUT2D eigenvalue weighted by Gasteiger charge is 2.48. The smallest absolute Gasteiger partial charge is 0.359 e. The molecular formula is C19H35N2O6P. The van der Waals surface area contributed by atoms with Crippen LogP contribution >= 0.6 is 7.60 Å². The van der Waals surface area contributed by atoms with Crippen molar-refractivity contribution in [1.82, 2.24) is 9.55 Å². The molecule has 28 heavy (non-hydrogen) atoms. The zero-order chi connectivity index (χ0) is 21.6. The Labute approximate surface area is 166 Å². The fourth-order valence-corrected chi connectivity index (χ4v) is 5.05. The molecule has 0 aliphatic rings. The Morgan fingerprint density at radius 3 is 2.29 bits per heavy atom. The van der Waals surface area contributed by atoms with Crippen LogP contribution in [0.15, 0.2) is 21.9 Å². The molecule has 0 fully saturated rings. The van der Waals surface area contributed by atoms with Crippen molar-refractivity contribution in [3.05, 3.63) is 33.1 Å². The normalized spacial score (nSPS) is 17.7. The standard InChI is InChI=1S/C19H35N2O6P/c1-6-15(10-12-21-13-11-16(22)20-17(21)23)14-18(5,7-2)27-28(25,26)19(24,8-3)9-4/h11,13,15,24H,6-10,12,14H2,1-5H3,(H,25,26)(H,20,22,23). The number of nitrogens with one attached hydrogen (secondary N) is 1. The molecule has 1 aromatic rings. The van der Waals surface area contributed by atoms with Crippen molar-refractivity contribution >= 4 is 7.60 Å². The van der Waals surface area contributed by atoms with Gasteiger partial charge in [-0.15, -0.1) is 0 Å². The Morgan fingerprint density at radius 1 is 1.21 bits per heavy atom. The van der Waals surface area contributed by atoms with Gasteiger partial charge in [0.25, 0.3) is 5.56 Å². The SMILES string of the molecule is CCC(CCn1ccc(=O)[nH]c1=O)CC(C)(CC)OP(=O)(O)C(O)(CC)CC. The highest BCUT2D eigenvalue weighted by Crippen LogP contribution is 2.60. The van der Waals surface area contributed by atoms with E-state index in [0.29, 0.717) is 25.8 Å². The van der Waals surface area contributed by atoms with E-state index in [-0.39, 0.29) is 18.8 Å². The largest absolute Gasteiger partial charge is 0.377 e. The lowest BCUT2D eigenvalue weighted by Gasteiger charge is -2.39. The van der Waals surface area contributed by atoms with Gasteiger partial charge in [0.05, 0.1) is 5.60 Å². The molecule has 9 heteroatoms. The van der Waals surface area contributed by atoms with Gasteiger partial charge in [0.15, 0.2) is 5.34 Å². The zero-order valence-electron chi connectivity index (χ0n) is 17.6. The van der Waals surface area contributed by atoms with Crippen molar-refractivity contribution in [2.75, 3.05) is 0 Å². The molecule has 0 aliphatic heterocycles. The van der Waals surface area contributed by atoms with Gasteiger partial charge >= 0.3 is 13.3 Å². The van der Waals surface area contributed by atoms with Crippen LogP contribution in [-0.4, -0.2) is 30.5 Å². The van der Waals surface area contributed by atoms with Gasteiger partial charge in [0.2, 0.25) is 0 Å². The minimum atomic E-state index is -4.25. The summed E-state index contributed by atoms with van der Waals surface area (Å²) in [4.78, 5) is 35.7. The molecule has 0 aliphatic carbocycles. The Kier molecular flexibility index (Phi) is 8.88. The summed E-state index contributed by atoms with van der Waals surface area (Å²) in [6.45, 7) is 9.44. The van der Waals surface area contributed by atoms with E-state index < -0.39 is 29.8 Å². The Balaban J connectivity index is 2.90. The predicted molar refractivity (Wildman–Crippen MR) is 109 cm³/mol. The van der Waals surface area contributed by atoms with Crippen LogP contribution in [0, 0.1) is 5.92 Å². The average Bonchev–Trinajstić information content (AvgIpc) is 2.64. The van der Waals surface area contributed by atoms with Crippen LogP contribution in [-0.2, 0) is 15.6 Å². The van der Waals surface area contributed by atoms with Crippen molar-refractivity contribution in [3.8, 4) is 0 Å². The first-order valence-electron chi connectivity index (χ1n) is 10.0. The van der Waals surface area contributed by atoms with E-state index in [1.165, 1.54) is 16.8 Å². The number of rotatable bonds is 12. The lowest BCUT2D eigenvalue weighted by molar-refractivity contribution is 0.00339. The number of aromatic amines is 1. The molecule has 8 nitrogen and oxygen atoms in total. The van der Waals surface area contributed by atoms with Crippen molar-refractivity contribution < 1.29 is 19.1 Å². The molecular weight excluding hydrogens is 383 g/mol. The molecule has 0 radical (unpaired) electrons. The molecule has 1 aromatic heterocycles. The second-order valence-electron chi connectivity index (χ2n) is 7.68. The summed E-state index contributed by atoms with van der Waals surface area (Å²) in [7, 11) is -4.25. The van der Waals surface area contributed by atoms with Gasteiger partial charge in [0.1, 0.15) is 0 Å². The van der Waals surface area contributed by atoms with Crippen LogP contribution in [0.1, 0.15) is 73.1 Å². The molecule has 0 amide bonds. The van der Waals surface area contributed by atoms with E-state index in [2.05, 4.69) is 4.98 Å². The van der Waals surface area contributed by atoms with E-state index in [1.807, 2.05) is 13.8 Å². The summed E-state index contributed by atoms with van der Waals surface area (Å²) in [5.74, 6) is 0.139. The summed E-state index contributed by atoms with van der Waals surface area (Å²) >= 11 is 0. The van der Waals surface area contributed by atoms with Crippen molar-refractivity contribution in [3.63, 3.8) is 0 Å². The number of hydrogen-bond donors (Lipinski definition) is 3. The van der Waals surface area contributed by atoms with Crippen LogP contribution in [0.2, 0.25) is 0 Å². The van der Waals surface area contributed by atoms with Crippen molar-refractivity contribution in [2.24, 2.45) is 5.92 Å². The average molecular weight is 418 g/mol. The van der Waals surface area contributed by atoms with E-state index in [0.717, 1.165) is 6.42 Å². The molecule has 0 saturated heterocycles. The van der Waals surface area contributed by atoms with Crippen LogP contribution in [0.5, 0.6) is 0 Å². The first-order valence-corrected chi connectivity index (χ1v) is 11.6. The fourth-order valence-electron chi connectivity index (χ4n) is 3.28. The maximum atomic E-state index is 12.8. The highest BCUT2D eigenvalue weighted by molar-refractivity contribution is 7.54. The molecule has 3 N–H and O–H groups in total. The number of hydrogen-bond acceptors (Lipinski definition) is 5. The number of aliphatic hydroxyl groups is 1. The van der Waals surface area contributed by atoms with Gasteiger partial charge in [-0.1, -0.05) is 34.1 Å². The summed E-state index contributed by atoms with van der Waals surface area (Å²) in [5.41, 5.74) is -1.76. The highest BCUT2D eigenvalue weighted by atomic mass is 31.2. The molecule has 0 saturated carbocycles. The van der Waals surface area contributed by atoms with Gasteiger partial charge in [-0.2, -0.15) is 0 Å². The Morgan fingerprint density at radius 2 is 1.82 bits per heavy atom. The van der Waals surface area contributed by atoms with Gasteiger partial charge in [-0.3, -0.25) is 14.3 Å². The number of H-pyrrole nitrogens is 1. The third kappa shape index (κ3) is 6.14. The van der Waals surface area contributed by atoms with Gasteiger partial charge in [-0.05, 0) is 44.9 Å². The molecule has 0 aromatic carbocycles. The zero-order valence-corrected chi connectivity index (χ0v) is 18.5. The second-order valence-corrected chi connectivity index (χ2v) is 9.73. The van der Waals surface area contributed by atoms with E-state index in [9.17, 15) is 24.2 Å². The third-order valence-corrected chi connectivity index (χ3v) is 8.10. The topological polar surface area (TPSA) is 122 Å². The third-order valence-electron chi connectivity index (χ3n) is 5.72. The van der Waals surface area contributed by atoms with Gasteiger partial charge in [-0.25, -0.2) is 4.79 Å². The summed E-state index contributed by atoms with van der Waals surface area (Å²) < 4.78 is 19.9. The van der Waals surface area contributed by atoms with E-state index in [4.69, 9.17) is 4.52 Å². The van der Waals surface area contributed by atoms with Crippen molar-refractivity contribution in [1.29, 1.82) is 0 Å². The molecule has 1 rings (SSSR count). The minimum Gasteiger partial charge on any atom is -0.377 e. The van der Waals surface area contributed by atoms with Crippen molar-refractivity contribution in [2.45, 2.75) is 90.6 Å². The summed E-state index contributed by atoms with van der Waals surface area (Å²) in [6, 6.07) is 1.31. The number of aromatic nitrogens is 2. The minimum absolute atomic E-state index is 0.128. The van der Waals surface area contributed by atoms with E-state index in [1.54, 1.807) is 20.8 Å². The quantitative estimate of drug-likeness (QED) is 0.448. The molecule has 162 valence electrons. The molecule has 0 spiro atoms. The monoisotopic (exact) mass is 418 g/mol. The number of aryl methyl sites for hydroxylation is 1. The Hall–Kier alpha value is -1.21. The Bertz CT molecular complexity index is 785. The molecule has 0 bridgehead atoms. The van der Waals surface area contributed by atoms with Crippen LogP contribution < -0.4 is 11.2 Å². The molecule has 1 heterocycles. The van der Waals surface area contributed by atoms with E-state index >= 15 is 0 Å². The first kappa shape index (κ1) is 24.8. The molecule has 3 atom stereocenters. The number of nitrogens with zero attached hydrogens (tertiary/aromatic N) is 1. The second kappa shape index (κ2) is 10.0. The maximum absolute atomic E-state index is 12.8. The van der Waals surface area contributed by atoms with Gasteiger partial charge in [0, 0.05) is 18.8 Å². The van der Waals surface area contributed by atoms with Gasteiger partial charge < -0.3 is 19.1 Å². The summed E-state index contributed by atoms with van der Waals surface area (Å²) in [5, 5.41) is 8.75. The lowest BCUT2D eigenvalue weighted by Crippen LogP contribution is -2.36. The van der Waals surface area contributed by atoms with Crippen LogP contribution in [0.25, 0.3) is 0 Å². The predicted octanol–water partition coefficient (Wildman–Crippen LogP) is 3.22. The van der Waals surface area contributed by atoms with Crippen LogP contribution in [0.3, 0.4) is 0 Å². The fraction of sp³-hybridized carbons (Fsp3) is 0.789. The lowest BCUT2D eigenvalue weighted by atomic mass is 9.86. The molecule has 3 unspecified atom stereocenters. The maximum Gasteiger partial charge on any atom is 0.359 e. The van der Waals surface area contributed by atoms with Crippen LogP contribution in [0.4, 0.5) is 0 Å². The first-order chi connectivity index (χ1) is 13.0.